The number of benzene rings is 1. The van der Waals surface area contributed by atoms with Gasteiger partial charge in [-0.05, 0) is 31.0 Å². The molecule has 1 saturated carbocycles. The van der Waals surface area contributed by atoms with Crippen LogP contribution in [0.3, 0.4) is 0 Å². The molecule has 1 aliphatic heterocycles. The number of para-hydroxylation sites is 1. The van der Waals surface area contributed by atoms with Crippen LogP contribution in [-0.2, 0) is 9.59 Å². The molecule has 0 bridgehead atoms. The number of anilines is 1. The van der Waals surface area contributed by atoms with E-state index in [0.717, 1.165) is 42.3 Å². The maximum absolute atomic E-state index is 14.1. The molecule has 1 aromatic carbocycles. The van der Waals surface area contributed by atoms with Crippen LogP contribution in [0.5, 0.6) is 0 Å². The quantitative estimate of drug-likeness (QED) is 0.495. The first-order chi connectivity index (χ1) is 17.5. The van der Waals surface area contributed by atoms with Gasteiger partial charge in [0.2, 0.25) is 5.91 Å². The Hall–Kier alpha value is -3.55. The molecule has 1 saturated heterocycles. The molecule has 1 unspecified atom stereocenters. The van der Waals surface area contributed by atoms with Gasteiger partial charge in [0.15, 0.2) is 11.3 Å². The van der Waals surface area contributed by atoms with Crippen molar-refractivity contribution in [1.82, 2.24) is 20.2 Å². The Bertz CT molecular complexity index is 1240. The molecule has 2 aromatic heterocycles. The molecule has 2 N–H and O–H groups in total. The Balaban J connectivity index is 1.59. The number of aliphatic hydroxyl groups is 1. The van der Waals surface area contributed by atoms with Crippen molar-refractivity contribution in [3.05, 3.63) is 54.4 Å². The van der Waals surface area contributed by atoms with Gasteiger partial charge in [-0.3, -0.25) is 24.4 Å². The number of amides is 2. The number of hydrogen-bond acceptors (Lipinski definition) is 8. The normalized spacial score (nSPS) is 21.2. The number of aromatic nitrogens is 2. The van der Waals surface area contributed by atoms with Gasteiger partial charge < -0.3 is 10.4 Å². The summed E-state index contributed by atoms with van der Waals surface area (Å²) in [4.78, 5) is 39.7. The minimum atomic E-state index is -1.02. The van der Waals surface area contributed by atoms with E-state index >= 15 is 0 Å². The van der Waals surface area contributed by atoms with E-state index in [1.807, 2.05) is 30.5 Å². The summed E-state index contributed by atoms with van der Waals surface area (Å²) in [5, 5.41) is 23.4. The first-order valence-electron chi connectivity index (χ1n) is 12.3. The number of nitrogens with zero attached hydrogens (tertiary/aromatic N) is 5. The van der Waals surface area contributed by atoms with E-state index in [0.29, 0.717) is 10.7 Å². The molecule has 3 heterocycles. The molecule has 2 fully saturated rings. The van der Waals surface area contributed by atoms with Gasteiger partial charge in [-0.1, -0.05) is 48.8 Å². The largest absolute Gasteiger partial charge is 0.391 e. The number of pyridine rings is 1. The lowest BCUT2D eigenvalue weighted by molar-refractivity contribution is -0.128. The summed E-state index contributed by atoms with van der Waals surface area (Å²) >= 11 is 1.32. The van der Waals surface area contributed by atoms with Crippen LogP contribution in [0.4, 0.5) is 5.13 Å². The summed E-state index contributed by atoms with van der Waals surface area (Å²) < 4.78 is 0.881. The molecule has 2 aliphatic rings. The summed E-state index contributed by atoms with van der Waals surface area (Å²) in [7, 11) is 0. The zero-order valence-electron chi connectivity index (χ0n) is 19.8. The lowest BCUT2D eigenvalue weighted by atomic mass is 9.95. The number of carbonyl (C=O) groups excluding carboxylic acids is 2. The number of nitriles is 1. The minimum absolute atomic E-state index is 0.0432. The Labute approximate surface area is 213 Å². The van der Waals surface area contributed by atoms with Gasteiger partial charge in [-0.25, -0.2) is 4.98 Å². The van der Waals surface area contributed by atoms with Gasteiger partial charge in [-0.2, -0.15) is 5.26 Å². The molecular weight excluding hydrogens is 476 g/mol. The highest BCUT2D eigenvalue weighted by Crippen LogP contribution is 2.36. The molecular formula is C26H28N6O3S. The summed E-state index contributed by atoms with van der Waals surface area (Å²) in [6.45, 7) is 0.0758. The number of rotatable bonds is 6. The number of fused-ring (bicyclic) bond motifs is 1. The van der Waals surface area contributed by atoms with Gasteiger partial charge >= 0.3 is 0 Å². The Kier molecular flexibility index (Phi) is 7.11. The van der Waals surface area contributed by atoms with Crippen LogP contribution in [0.1, 0.15) is 50.1 Å². The van der Waals surface area contributed by atoms with Crippen molar-refractivity contribution < 1.29 is 14.7 Å². The van der Waals surface area contributed by atoms with Crippen LogP contribution in [0.25, 0.3) is 10.2 Å². The van der Waals surface area contributed by atoms with Crippen LogP contribution in [0.15, 0.2) is 48.8 Å². The second-order valence-electron chi connectivity index (χ2n) is 9.36. The molecule has 0 spiro atoms. The predicted octanol–water partition coefficient (Wildman–Crippen LogP) is 3.13. The van der Waals surface area contributed by atoms with Crippen LogP contribution in [-0.4, -0.2) is 56.5 Å². The number of β-amino-alcohol motifs (C(OH)–C–C–N with tert-alkyl or cyclic N) is 1. The fourth-order valence-electron chi connectivity index (χ4n) is 5.10. The standard InChI is InChI=1S/C26H28N6O3S/c27-16-31-15-19(33)13-21(31)25(35)32(26-30-20-10-4-5-11-22(20)36-26)23(17-7-6-12-28-14-17)24(34)29-18-8-2-1-3-9-18/h4-7,10-12,14,18-19,21,23,33H,1-3,8-9,13,15H2,(H,29,34)/t19-,21-,23?/m1/s1. The van der Waals surface area contributed by atoms with E-state index in [9.17, 15) is 20.0 Å². The third kappa shape index (κ3) is 4.90. The van der Waals surface area contributed by atoms with E-state index in [-0.39, 0.29) is 24.9 Å². The van der Waals surface area contributed by atoms with E-state index in [4.69, 9.17) is 4.98 Å². The molecule has 5 rings (SSSR count). The Morgan fingerprint density at radius 1 is 1.19 bits per heavy atom. The van der Waals surface area contributed by atoms with Crippen molar-refractivity contribution in [3.63, 3.8) is 0 Å². The van der Waals surface area contributed by atoms with Crippen LogP contribution >= 0.6 is 11.3 Å². The number of carbonyl (C=O) groups is 2. The molecule has 3 aromatic rings. The molecule has 9 nitrogen and oxygen atoms in total. The second-order valence-corrected chi connectivity index (χ2v) is 10.4. The summed E-state index contributed by atoms with van der Waals surface area (Å²) in [6.07, 6.45) is 9.61. The van der Waals surface area contributed by atoms with Gasteiger partial charge in [-0.15, -0.1) is 0 Å². The lowest BCUT2D eigenvalue weighted by Gasteiger charge is -2.33. The summed E-state index contributed by atoms with van der Waals surface area (Å²) in [5.74, 6) is -0.746. The third-order valence-electron chi connectivity index (χ3n) is 6.88. The highest BCUT2D eigenvalue weighted by molar-refractivity contribution is 7.22. The number of likely N-dealkylation sites (tertiary alicyclic amines) is 1. The molecule has 36 heavy (non-hydrogen) atoms. The summed E-state index contributed by atoms with van der Waals surface area (Å²) in [5.41, 5.74) is 1.27. The van der Waals surface area contributed by atoms with Crippen LogP contribution in [0, 0.1) is 11.5 Å². The highest BCUT2D eigenvalue weighted by atomic mass is 32.1. The Morgan fingerprint density at radius 3 is 2.72 bits per heavy atom. The van der Waals surface area contributed by atoms with Crippen LogP contribution < -0.4 is 10.2 Å². The smallest absolute Gasteiger partial charge is 0.253 e. The van der Waals surface area contributed by atoms with Crippen molar-refractivity contribution in [2.45, 2.75) is 62.8 Å². The van der Waals surface area contributed by atoms with Crippen molar-refractivity contribution in [2.24, 2.45) is 0 Å². The van der Waals surface area contributed by atoms with Crippen molar-refractivity contribution in [1.29, 1.82) is 5.26 Å². The van der Waals surface area contributed by atoms with Crippen molar-refractivity contribution in [2.75, 3.05) is 11.4 Å². The molecule has 2 amide bonds. The molecule has 10 heteroatoms. The average molecular weight is 505 g/mol. The maximum Gasteiger partial charge on any atom is 0.253 e. The summed E-state index contributed by atoms with van der Waals surface area (Å²) in [6, 6.07) is 9.19. The van der Waals surface area contributed by atoms with Crippen LogP contribution in [0.2, 0.25) is 0 Å². The SMILES string of the molecule is N#CN1C[C@H](O)C[C@@H]1C(=O)N(c1nc2ccccc2s1)C(C(=O)NC1CCCCC1)c1cccnc1. The second kappa shape index (κ2) is 10.6. The monoisotopic (exact) mass is 504 g/mol. The zero-order chi connectivity index (χ0) is 25.1. The van der Waals surface area contributed by atoms with E-state index in [1.54, 1.807) is 24.5 Å². The van der Waals surface area contributed by atoms with Gasteiger partial charge in [0.05, 0.1) is 22.9 Å². The molecule has 186 valence electrons. The van der Waals surface area contributed by atoms with E-state index in [2.05, 4.69) is 10.3 Å². The van der Waals surface area contributed by atoms with Gasteiger partial charge in [0.1, 0.15) is 12.1 Å². The van der Waals surface area contributed by atoms with E-state index in [1.165, 1.54) is 21.1 Å². The fourth-order valence-corrected chi connectivity index (χ4v) is 6.10. The molecule has 3 atom stereocenters. The maximum atomic E-state index is 14.1. The van der Waals surface area contributed by atoms with Crippen molar-refractivity contribution in [3.8, 4) is 6.19 Å². The first-order valence-corrected chi connectivity index (χ1v) is 13.1. The minimum Gasteiger partial charge on any atom is -0.391 e. The predicted molar refractivity (Wildman–Crippen MR) is 136 cm³/mol. The Morgan fingerprint density at radius 2 is 2.00 bits per heavy atom. The number of thiazole rings is 1. The number of aliphatic hydroxyl groups excluding tert-OH is 1. The van der Waals surface area contributed by atoms with Crippen molar-refractivity contribution >= 4 is 38.5 Å². The van der Waals surface area contributed by atoms with Gasteiger partial charge in [0, 0.05) is 30.4 Å². The fraction of sp³-hybridized carbons (Fsp3) is 0.423. The van der Waals surface area contributed by atoms with Gasteiger partial charge in [0.25, 0.3) is 5.91 Å². The third-order valence-corrected chi connectivity index (χ3v) is 7.91. The zero-order valence-corrected chi connectivity index (χ0v) is 20.6. The average Bonchev–Trinajstić information content (AvgIpc) is 3.50. The molecule has 1 aliphatic carbocycles. The number of nitrogens with one attached hydrogen (secondary N) is 1. The first kappa shape index (κ1) is 24.2. The lowest BCUT2D eigenvalue weighted by Crippen LogP contribution is -2.51. The topological polar surface area (TPSA) is 122 Å². The highest BCUT2D eigenvalue weighted by Gasteiger charge is 2.44. The number of hydrogen-bond donors (Lipinski definition) is 2. The molecule has 0 radical (unpaired) electrons. The van der Waals surface area contributed by atoms with E-state index < -0.39 is 24.1 Å².